The zero-order valence-corrected chi connectivity index (χ0v) is 21.9. The molecule has 208 valence electrons. The molecule has 0 spiro atoms. The van der Waals surface area contributed by atoms with E-state index in [1.807, 2.05) is 24.3 Å². The van der Waals surface area contributed by atoms with Gasteiger partial charge in [-0.3, -0.25) is 19.2 Å². The van der Waals surface area contributed by atoms with Crippen molar-refractivity contribution in [3.8, 4) is 0 Å². The van der Waals surface area contributed by atoms with Crippen LogP contribution in [-0.2, 0) is 30.4 Å². The number of H-pyrrole nitrogens is 1. The molecule has 0 fully saturated rings. The van der Waals surface area contributed by atoms with Gasteiger partial charge in [0.2, 0.25) is 23.6 Å². The lowest BCUT2D eigenvalue weighted by Gasteiger charge is -2.26. The van der Waals surface area contributed by atoms with Gasteiger partial charge in [0.1, 0.15) is 18.1 Å². The Morgan fingerprint density at radius 1 is 1.03 bits per heavy atom. The number of carbonyl (C=O) groups is 5. The lowest BCUT2D eigenvalue weighted by molar-refractivity contribution is -0.142. The first-order chi connectivity index (χ1) is 17.9. The third-order valence-electron chi connectivity index (χ3n) is 5.78. The zero-order valence-electron chi connectivity index (χ0n) is 21.1. The monoisotopic (exact) mass is 550 g/mol. The van der Waals surface area contributed by atoms with Gasteiger partial charge in [-0.1, -0.05) is 18.2 Å². The van der Waals surface area contributed by atoms with Crippen molar-refractivity contribution in [3.63, 3.8) is 0 Å². The van der Waals surface area contributed by atoms with Gasteiger partial charge in [-0.2, -0.15) is 11.8 Å². The van der Waals surface area contributed by atoms with E-state index in [0.717, 1.165) is 10.9 Å². The molecular weight excluding hydrogens is 516 g/mol. The highest BCUT2D eigenvalue weighted by Gasteiger charge is 2.33. The van der Waals surface area contributed by atoms with Crippen LogP contribution < -0.4 is 27.4 Å². The second-order valence-electron chi connectivity index (χ2n) is 8.81. The second-order valence-corrected chi connectivity index (χ2v) is 9.80. The van der Waals surface area contributed by atoms with Crippen LogP contribution in [0.3, 0.4) is 0 Å². The summed E-state index contributed by atoms with van der Waals surface area (Å²) in [5.41, 5.74) is 12.2. The topological polar surface area (TPSA) is 230 Å². The van der Waals surface area contributed by atoms with E-state index >= 15 is 0 Å². The van der Waals surface area contributed by atoms with Gasteiger partial charge < -0.3 is 42.6 Å². The summed E-state index contributed by atoms with van der Waals surface area (Å²) < 4.78 is 0. The third kappa shape index (κ3) is 8.75. The van der Waals surface area contributed by atoms with Crippen LogP contribution in [0.2, 0.25) is 0 Å². The maximum atomic E-state index is 13.2. The third-order valence-corrected chi connectivity index (χ3v) is 6.42. The molecule has 5 unspecified atom stereocenters. The molecule has 0 saturated heterocycles. The van der Waals surface area contributed by atoms with E-state index in [0.29, 0.717) is 11.3 Å². The largest absolute Gasteiger partial charge is 0.480 e. The summed E-state index contributed by atoms with van der Waals surface area (Å²) in [6, 6.07) is 2.00. The number of aliphatic carboxylic acids is 1. The number of aromatic nitrogens is 1. The number of nitrogens with two attached hydrogens (primary N) is 2. The van der Waals surface area contributed by atoms with Gasteiger partial charge in [-0.25, -0.2) is 4.79 Å². The number of aliphatic hydroxyl groups is 1. The standard InChI is InChI=1S/C24H34N6O7S/c1-12(31)20(30-21(33)15(25)10-19(26)32)23(35)29-18(22(34)28-17(24(36)37)7-8-38-2)9-13-11-27-16-6-4-3-5-14(13)16/h3-6,11-12,15,17-18,20,27,31H,7-10,25H2,1-2H3,(H2,26,32)(H,28,34)(H,29,35)(H,30,33)(H,36,37). The zero-order chi connectivity index (χ0) is 28.4. The molecule has 4 amide bonds. The number of carboxylic acid groups (broad SMARTS) is 1. The molecule has 10 N–H and O–H groups in total. The van der Waals surface area contributed by atoms with Crippen molar-refractivity contribution in [1.29, 1.82) is 0 Å². The first kappa shape index (κ1) is 30.6. The summed E-state index contributed by atoms with van der Waals surface area (Å²) >= 11 is 1.42. The smallest absolute Gasteiger partial charge is 0.326 e. The van der Waals surface area contributed by atoms with Crippen molar-refractivity contribution in [2.24, 2.45) is 11.5 Å². The number of rotatable bonds is 15. The Bertz CT molecular complexity index is 1150. The van der Waals surface area contributed by atoms with Gasteiger partial charge in [0.15, 0.2) is 0 Å². The number of aromatic amines is 1. The Morgan fingerprint density at radius 3 is 2.29 bits per heavy atom. The summed E-state index contributed by atoms with van der Waals surface area (Å²) in [5, 5.41) is 27.8. The summed E-state index contributed by atoms with van der Waals surface area (Å²) in [5.74, 6) is -4.12. The Balaban J connectivity index is 2.29. The van der Waals surface area contributed by atoms with Gasteiger partial charge in [-0.15, -0.1) is 0 Å². The average molecular weight is 551 g/mol. The maximum absolute atomic E-state index is 13.2. The Morgan fingerprint density at radius 2 is 1.68 bits per heavy atom. The van der Waals surface area contributed by atoms with E-state index in [4.69, 9.17) is 11.5 Å². The molecule has 0 bridgehead atoms. The molecule has 0 aliphatic rings. The Labute approximate surface area is 223 Å². The fourth-order valence-corrected chi connectivity index (χ4v) is 4.20. The average Bonchev–Trinajstić information content (AvgIpc) is 3.26. The number of amides is 4. The first-order valence-electron chi connectivity index (χ1n) is 11.8. The van der Waals surface area contributed by atoms with Crippen LogP contribution in [0.25, 0.3) is 10.9 Å². The van der Waals surface area contributed by atoms with Crippen LogP contribution in [-0.4, -0.2) is 87.1 Å². The molecule has 38 heavy (non-hydrogen) atoms. The van der Waals surface area contributed by atoms with Gasteiger partial charge in [-0.05, 0) is 37.0 Å². The van der Waals surface area contributed by atoms with Gasteiger partial charge >= 0.3 is 5.97 Å². The summed E-state index contributed by atoms with van der Waals surface area (Å²) in [6.45, 7) is 1.25. The molecule has 0 saturated carbocycles. The minimum atomic E-state index is -1.52. The van der Waals surface area contributed by atoms with Crippen LogP contribution in [0.1, 0.15) is 25.3 Å². The number of carbonyl (C=O) groups excluding carboxylic acids is 4. The van der Waals surface area contributed by atoms with Crippen molar-refractivity contribution in [1.82, 2.24) is 20.9 Å². The molecule has 1 aromatic carbocycles. The Hall–Kier alpha value is -3.62. The van der Waals surface area contributed by atoms with E-state index in [1.165, 1.54) is 18.7 Å². The molecular formula is C24H34N6O7S. The number of hydrogen-bond donors (Lipinski definition) is 8. The molecule has 2 aromatic rings. The number of thioether (sulfide) groups is 1. The second kappa shape index (κ2) is 14.4. The highest BCUT2D eigenvalue weighted by Crippen LogP contribution is 2.19. The molecule has 13 nitrogen and oxygen atoms in total. The van der Waals surface area contributed by atoms with Gasteiger partial charge in [0.25, 0.3) is 0 Å². The molecule has 14 heteroatoms. The predicted octanol–water partition coefficient (Wildman–Crippen LogP) is -1.41. The van der Waals surface area contributed by atoms with Crippen LogP contribution >= 0.6 is 11.8 Å². The lowest BCUT2D eigenvalue weighted by Crippen LogP contribution is -2.60. The van der Waals surface area contributed by atoms with Crippen molar-refractivity contribution >= 4 is 52.3 Å². The molecule has 0 aliphatic carbocycles. The van der Waals surface area contributed by atoms with Crippen molar-refractivity contribution in [2.75, 3.05) is 12.0 Å². The fourth-order valence-electron chi connectivity index (χ4n) is 3.73. The van der Waals surface area contributed by atoms with Crippen LogP contribution in [0.15, 0.2) is 30.5 Å². The highest BCUT2D eigenvalue weighted by atomic mass is 32.2. The number of fused-ring (bicyclic) bond motifs is 1. The number of para-hydroxylation sites is 1. The van der Waals surface area contributed by atoms with E-state index < -0.39 is 66.3 Å². The first-order valence-corrected chi connectivity index (χ1v) is 13.2. The quantitative estimate of drug-likeness (QED) is 0.130. The summed E-state index contributed by atoms with van der Waals surface area (Å²) in [4.78, 5) is 64.6. The summed E-state index contributed by atoms with van der Waals surface area (Å²) in [7, 11) is 0. The van der Waals surface area contributed by atoms with Crippen LogP contribution in [0.4, 0.5) is 0 Å². The number of hydrogen-bond acceptors (Lipinski definition) is 8. The SMILES string of the molecule is CSCCC(NC(=O)C(Cc1c[nH]c2ccccc12)NC(=O)C(NC(=O)C(N)CC(N)=O)C(C)O)C(=O)O. The number of aliphatic hydroxyl groups excluding tert-OH is 1. The highest BCUT2D eigenvalue weighted by molar-refractivity contribution is 7.98. The molecule has 1 heterocycles. The molecule has 5 atom stereocenters. The molecule has 2 rings (SSSR count). The number of carboxylic acids is 1. The molecule has 0 radical (unpaired) electrons. The van der Waals surface area contributed by atoms with Gasteiger partial charge in [0, 0.05) is 23.5 Å². The normalized spacial score (nSPS) is 15.1. The van der Waals surface area contributed by atoms with E-state index in [2.05, 4.69) is 20.9 Å². The van der Waals surface area contributed by atoms with E-state index in [1.54, 1.807) is 12.5 Å². The van der Waals surface area contributed by atoms with Crippen molar-refractivity contribution in [3.05, 3.63) is 36.0 Å². The van der Waals surface area contributed by atoms with Crippen molar-refractivity contribution < 1.29 is 34.2 Å². The summed E-state index contributed by atoms with van der Waals surface area (Å²) in [6.07, 6.45) is 1.76. The molecule has 0 aliphatic heterocycles. The van der Waals surface area contributed by atoms with Crippen LogP contribution in [0.5, 0.6) is 0 Å². The predicted molar refractivity (Wildman–Crippen MR) is 142 cm³/mol. The minimum Gasteiger partial charge on any atom is -0.480 e. The fraction of sp³-hybridized carbons (Fsp3) is 0.458. The number of benzene rings is 1. The van der Waals surface area contributed by atoms with Crippen molar-refractivity contribution in [2.45, 2.75) is 56.5 Å². The van der Waals surface area contributed by atoms with Gasteiger partial charge in [0.05, 0.1) is 18.6 Å². The van der Waals surface area contributed by atoms with E-state index in [9.17, 15) is 34.2 Å². The number of nitrogens with one attached hydrogen (secondary N) is 4. The number of primary amides is 1. The Kier molecular flexibility index (Phi) is 11.6. The van der Waals surface area contributed by atoms with Crippen LogP contribution in [0, 0.1) is 0 Å². The minimum absolute atomic E-state index is 0.0158. The lowest BCUT2D eigenvalue weighted by atomic mass is 10.0. The molecule has 1 aromatic heterocycles. The van der Waals surface area contributed by atoms with E-state index in [-0.39, 0.29) is 12.8 Å². The maximum Gasteiger partial charge on any atom is 0.326 e.